The smallest absolute Gasteiger partial charge is 0.346 e. The Bertz CT molecular complexity index is 1400. The van der Waals surface area contributed by atoms with Crippen LogP contribution in [0, 0.1) is 17.6 Å². The SMILES string of the molecule is CC=CC(=CC(C)C)c1cccnc1C(Cc1cc(F)cc(F)c1)NC(=O)Cn1nc(C(F)(F)F)c(CC)c1CC. The highest BCUT2D eigenvalue weighted by Crippen LogP contribution is 2.33. The Morgan fingerprint density at radius 3 is 2.34 bits per heavy atom. The number of hydrogen-bond donors (Lipinski definition) is 1. The Morgan fingerprint density at radius 2 is 1.78 bits per heavy atom. The van der Waals surface area contributed by atoms with Crippen molar-refractivity contribution in [1.29, 1.82) is 0 Å². The molecule has 2 aromatic heterocycles. The van der Waals surface area contributed by atoms with E-state index in [-0.39, 0.29) is 36.3 Å². The summed E-state index contributed by atoms with van der Waals surface area (Å²) in [5, 5.41) is 6.61. The van der Waals surface area contributed by atoms with E-state index in [1.165, 1.54) is 12.1 Å². The maximum Gasteiger partial charge on any atom is 0.435 e. The second-order valence-electron chi connectivity index (χ2n) is 10.0. The predicted octanol–water partition coefficient (Wildman–Crippen LogP) is 7.42. The van der Waals surface area contributed by atoms with Crippen molar-refractivity contribution in [1.82, 2.24) is 20.1 Å². The van der Waals surface area contributed by atoms with Crippen LogP contribution in [0.1, 0.15) is 74.4 Å². The van der Waals surface area contributed by atoms with Gasteiger partial charge in [0.2, 0.25) is 5.91 Å². The van der Waals surface area contributed by atoms with Crippen molar-refractivity contribution in [3.63, 3.8) is 0 Å². The number of nitrogens with one attached hydrogen (secondary N) is 1. The van der Waals surface area contributed by atoms with Crippen LogP contribution in [0.25, 0.3) is 5.57 Å². The molecule has 220 valence electrons. The van der Waals surface area contributed by atoms with Gasteiger partial charge in [-0.1, -0.05) is 52.0 Å². The molecule has 0 bridgehead atoms. The van der Waals surface area contributed by atoms with E-state index in [4.69, 9.17) is 0 Å². The van der Waals surface area contributed by atoms with E-state index < -0.39 is 42.0 Å². The molecule has 0 aliphatic rings. The highest BCUT2D eigenvalue weighted by molar-refractivity contribution is 5.78. The molecule has 0 saturated heterocycles. The fraction of sp³-hybridized carbons (Fsp3) is 0.387. The van der Waals surface area contributed by atoms with E-state index >= 15 is 0 Å². The van der Waals surface area contributed by atoms with Gasteiger partial charge in [-0.2, -0.15) is 18.3 Å². The number of halogens is 5. The number of alkyl halides is 3. The van der Waals surface area contributed by atoms with Crippen LogP contribution in [-0.4, -0.2) is 20.7 Å². The minimum absolute atomic E-state index is 0.0109. The lowest BCUT2D eigenvalue weighted by molar-refractivity contribution is -0.142. The van der Waals surface area contributed by atoms with Crippen LogP contribution in [0.5, 0.6) is 0 Å². The molecule has 0 saturated carbocycles. The third-order valence-corrected chi connectivity index (χ3v) is 6.45. The fourth-order valence-corrected chi connectivity index (χ4v) is 4.93. The second kappa shape index (κ2) is 13.7. The van der Waals surface area contributed by atoms with Crippen LogP contribution >= 0.6 is 0 Å². The highest BCUT2D eigenvalue weighted by atomic mass is 19.4. The molecule has 10 heteroatoms. The van der Waals surface area contributed by atoms with Crippen LogP contribution in [0.3, 0.4) is 0 Å². The number of allylic oxidation sites excluding steroid dienone is 4. The molecule has 5 nitrogen and oxygen atoms in total. The van der Waals surface area contributed by atoms with Gasteiger partial charge in [0.05, 0.1) is 11.7 Å². The van der Waals surface area contributed by atoms with Crippen molar-refractivity contribution in [2.24, 2.45) is 5.92 Å². The Labute approximate surface area is 237 Å². The topological polar surface area (TPSA) is 59.8 Å². The Kier molecular flexibility index (Phi) is 10.6. The summed E-state index contributed by atoms with van der Waals surface area (Å²) in [4.78, 5) is 17.9. The van der Waals surface area contributed by atoms with E-state index in [1.807, 2.05) is 45.1 Å². The quantitative estimate of drug-likeness (QED) is 0.192. The van der Waals surface area contributed by atoms with E-state index in [2.05, 4.69) is 15.4 Å². The van der Waals surface area contributed by atoms with Crippen molar-refractivity contribution < 1.29 is 26.7 Å². The molecule has 0 fully saturated rings. The van der Waals surface area contributed by atoms with Crippen molar-refractivity contribution in [3.05, 3.63) is 100 Å². The van der Waals surface area contributed by atoms with Crippen molar-refractivity contribution >= 4 is 11.5 Å². The fourth-order valence-electron chi connectivity index (χ4n) is 4.93. The summed E-state index contributed by atoms with van der Waals surface area (Å²) in [7, 11) is 0. The standard InChI is InChI=1S/C31H35F5N4O/c1-6-10-21(13-19(4)5)25-11-9-12-37-29(25)26(16-20-14-22(32)17-23(33)15-20)38-28(41)18-40-27(8-3)24(7-2)30(39-40)31(34,35)36/h6,9-15,17,19,26H,7-8,16,18H2,1-5H3,(H,38,41). The number of pyridine rings is 1. The summed E-state index contributed by atoms with van der Waals surface area (Å²) in [5.41, 5.74) is 1.68. The molecule has 1 unspecified atom stereocenters. The monoisotopic (exact) mass is 574 g/mol. The van der Waals surface area contributed by atoms with Crippen LogP contribution < -0.4 is 5.32 Å². The van der Waals surface area contributed by atoms with Crippen LogP contribution in [0.2, 0.25) is 0 Å². The molecule has 3 rings (SSSR count). The number of nitrogens with zero attached hydrogens (tertiary/aromatic N) is 3. The van der Waals surface area contributed by atoms with Crippen molar-refractivity contribution in [2.75, 3.05) is 0 Å². The molecule has 1 aromatic carbocycles. The minimum atomic E-state index is -4.66. The summed E-state index contributed by atoms with van der Waals surface area (Å²) in [6.07, 6.45) is 3.06. The molecule has 0 aliphatic heterocycles. The number of rotatable bonds is 11. The third kappa shape index (κ3) is 8.11. The lowest BCUT2D eigenvalue weighted by Gasteiger charge is -2.22. The molecule has 0 spiro atoms. The van der Waals surface area contributed by atoms with Gasteiger partial charge in [0.15, 0.2) is 5.69 Å². The lowest BCUT2D eigenvalue weighted by atomic mass is 9.93. The molecule has 1 N–H and O–H groups in total. The number of hydrogen-bond acceptors (Lipinski definition) is 3. The maximum atomic E-state index is 14.1. The van der Waals surface area contributed by atoms with Gasteiger partial charge in [0.25, 0.3) is 0 Å². The molecule has 3 aromatic rings. The molecule has 0 aliphatic carbocycles. The van der Waals surface area contributed by atoms with E-state index in [9.17, 15) is 26.7 Å². The Balaban J connectivity index is 2.07. The average Bonchev–Trinajstić information content (AvgIpc) is 3.25. The maximum absolute atomic E-state index is 14.1. The molecular weight excluding hydrogens is 539 g/mol. The molecule has 1 atom stereocenters. The minimum Gasteiger partial charge on any atom is -0.346 e. The van der Waals surface area contributed by atoms with E-state index in [1.54, 1.807) is 26.1 Å². The Morgan fingerprint density at radius 1 is 1.10 bits per heavy atom. The zero-order chi connectivity index (χ0) is 30.3. The van der Waals surface area contributed by atoms with Gasteiger partial charge < -0.3 is 5.32 Å². The summed E-state index contributed by atoms with van der Waals surface area (Å²) >= 11 is 0. The zero-order valence-electron chi connectivity index (χ0n) is 23.8. The number of carbonyl (C=O) groups excluding carboxylic acids is 1. The van der Waals surface area contributed by atoms with E-state index in [0.29, 0.717) is 17.0 Å². The van der Waals surface area contributed by atoms with Crippen molar-refractivity contribution in [2.45, 2.75) is 72.6 Å². The summed E-state index contributed by atoms with van der Waals surface area (Å²) < 4.78 is 70.2. The zero-order valence-corrected chi connectivity index (χ0v) is 23.8. The summed E-state index contributed by atoms with van der Waals surface area (Å²) in [5.74, 6) is -1.96. The first-order valence-corrected chi connectivity index (χ1v) is 13.6. The number of amides is 1. The average molecular weight is 575 g/mol. The molecule has 1 amide bonds. The first-order valence-electron chi connectivity index (χ1n) is 13.6. The molecule has 0 radical (unpaired) electrons. The Hall–Kier alpha value is -3.82. The summed E-state index contributed by atoms with van der Waals surface area (Å²) in [6.45, 7) is 8.75. The van der Waals surface area contributed by atoms with Gasteiger partial charge in [-0.15, -0.1) is 0 Å². The highest BCUT2D eigenvalue weighted by Gasteiger charge is 2.38. The first-order chi connectivity index (χ1) is 19.4. The number of carbonyl (C=O) groups is 1. The second-order valence-corrected chi connectivity index (χ2v) is 10.0. The number of benzene rings is 1. The van der Waals surface area contributed by atoms with Gasteiger partial charge in [-0.25, -0.2) is 8.78 Å². The van der Waals surface area contributed by atoms with Gasteiger partial charge in [0, 0.05) is 29.1 Å². The molecule has 2 heterocycles. The van der Waals surface area contributed by atoms with Crippen LogP contribution in [0.4, 0.5) is 22.0 Å². The largest absolute Gasteiger partial charge is 0.435 e. The molecular formula is C31H35F5N4O. The van der Waals surface area contributed by atoms with E-state index in [0.717, 1.165) is 16.3 Å². The third-order valence-electron chi connectivity index (χ3n) is 6.45. The van der Waals surface area contributed by atoms with Gasteiger partial charge in [-0.3, -0.25) is 14.5 Å². The van der Waals surface area contributed by atoms with Gasteiger partial charge >= 0.3 is 6.18 Å². The summed E-state index contributed by atoms with van der Waals surface area (Å²) in [6, 6.07) is 5.84. The van der Waals surface area contributed by atoms with Crippen LogP contribution in [0.15, 0.2) is 54.8 Å². The molecule has 41 heavy (non-hydrogen) atoms. The van der Waals surface area contributed by atoms with Gasteiger partial charge in [-0.05, 0) is 61.4 Å². The number of aromatic nitrogens is 3. The lowest BCUT2D eigenvalue weighted by Crippen LogP contribution is -2.34. The normalized spacial score (nSPS) is 13.3. The van der Waals surface area contributed by atoms with Crippen LogP contribution in [-0.2, 0) is 36.8 Å². The van der Waals surface area contributed by atoms with Gasteiger partial charge in [0.1, 0.15) is 18.2 Å². The predicted molar refractivity (Wildman–Crippen MR) is 149 cm³/mol. The van der Waals surface area contributed by atoms with Crippen molar-refractivity contribution in [3.8, 4) is 0 Å². The first kappa shape index (κ1) is 31.7.